The number of nitrogen functional groups attached to an aromatic ring is 1. The van der Waals surface area contributed by atoms with Gasteiger partial charge in [-0.3, -0.25) is 9.69 Å². The summed E-state index contributed by atoms with van der Waals surface area (Å²) in [5.74, 6) is 0. The number of hydrogen-bond acceptors (Lipinski definition) is 4. The third-order valence-electron chi connectivity index (χ3n) is 6.79. The number of nitrogens with two attached hydrogens (primary N) is 1. The van der Waals surface area contributed by atoms with E-state index in [1.807, 2.05) is 36.4 Å². The first-order valence-corrected chi connectivity index (χ1v) is 11.9. The third kappa shape index (κ3) is 4.22. The summed E-state index contributed by atoms with van der Waals surface area (Å²) in [4.78, 5) is 22.6. The number of rotatable bonds is 4. The van der Waals surface area contributed by atoms with Crippen LogP contribution in [-0.2, 0) is 19.5 Å². The molecule has 1 aliphatic heterocycles. The molecule has 0 saturated heterocycles. The van der Waals surface area contributed by atoms with Crippen LogP contribution in [0.1, 0.15) is 16.7 Å². The molecule has 0 fully saturated rings. The van der Waals surface area contributed by atoms with Gasteiger partial charge in [0.15, 0.2) is 0 Å². The summed E-state index contributed by atoms with van der Waals surface area (Å²) < 4.78 is 0. The van der Waals surface area contributed by atoms with Crippen molar-refractivity contribution in [1.82, 2.24) is 14.9 Å². The topological polar surface area (TPSA) is 75.0 Å². The summed E-state index contributed by atoms with van der Waals surface area (Å²) in [6.45, 7) is 2.86. The van der Waals surface area contributed by atoms with Gasteiger partial charge in [0.05, 0.1) is 16.6 Å². The zero-order chi connectivity index (χ0) is 23.8. The maximum absolute atomic E-state index is 12.4. The summed E-state index contributed by atoms with van der Waals surface area (Å²) in [5.41, 5.74) is 15.3. The van der Waals surface area contributed by atoms with Crippen molar-refractivity contribution in [2.75, 3.05) is 12.3 Å². The van der Waals surface area contributed by atoms with Gasteiger partial charge < -0.3 is 10.7 Å². The molecule has 3 heterocycles. The average Bonchev–Trinajstić information content (AvgIpc) is 2.89. The highest BCUT2D eigenvalue weighted by Crippen LogP contribution is 2.33. The molecule has 3 N–H and O–H groups in total. The molecule has 6 rings (SSSR count). The number of pyridine rings is 2. The fraction of sp³-hybridized carbons (Fsp3) is 0.133. The van der Waals surface area contributed by atoms with E-state index in [1.165, 1.54) is 16.7 Å². The van der Waals surface area contributed by atoms with Gasteiger partial charge in [0.25, 0.3) is 5.56 Å². The zero-order valence-corrected chi connectivity index (χ0v) is 19.4. The molecule has 3 aromatic carbocycles. The van der Waals surface area contributed by atoms with E-state index in [9.17, 15) is 4.79 Å². The molecule has 0 amide bonds. The van der Waals surface area contributed by atoms with Crippen molar-refractivity contribution in [3.63, 3.8) is 0 Å². The predicted octanol–water partition coefficient (Wildman–Crippen LogP) is 5.40. The first kappa shape index (κ1) is 21.3. The lowest BCUT2D eigenvalue weighted by Gasteiger charge is -2.29. The molecule has 0 aliphatic carbocycles. The number of anilines is 1. The van der Waals surface area contributed by atoms with Crippen molar-refractivity contribution >= 4 is 16.6 Å². The number of hydrogen-bond donors (Lipinski definition) is 2. The van der Waals surface area contributed by atoms with E-state index in [-0.39, 0.29) is 5.56 Å². The van der Waals surface area contributed by atoms with Crippen LogP contribution in [0.4, 0.5) is 5.69 Å². The largest absolute Gasteiger partial charge is 0.399 e. The lowest BCUT2D eigenvalue weighted by molar-refractivity contribution is 0.245. The molecular formula is C30H26N4O. The second-order valence-corrected chi connectivity index (χ2v) is 9.18. The molecular weight excluding hydrogens is 432 g/mol. The van der Waals surface area contributed by atoms with Gasteiger partial charge in [0, 0.05) is 42.6 Å². The number of nitrogens with one attached hydrogen (secondary N) is 1. The summed E-state index contributed by atoms with van der Waals surface area (Å²) >= 11 is 0. The Morgan fingerprint density at radius 2 is 1.71 bits per heavy atom. The molecule has 1 aliphatic rings. The van der Waals surface area contributed by atoms with E-state index in [2.05, 4.69) is 58.4 Å². The van der Waals surface area contributed by atoms with Gasteiger partial charge in [0.2, 0.25) is 0 Å². The molecule has 5 aromatic rings. The Morgan fingerprint density at radius 1 is 0.886 bits per heavy atom. The quantitative estimate of drug-likeness (QED) is 0.354. The van der Waals surface area contributed by atoms with Crippen molar-refractivity contribution in [1.29, 1.82) is 0 Å². The minimum atomic E-state index is -0.125. The highest BCUT2D eigenvalue weighted by atomic mass is 16.1. The van der Waals surface area contributed by atoms with Gasteiger partial charge in [-0.1, -0.05) is 60.7 Å². The number of fused-ring (bicyclic) bond motifs is 2. The van der Waals surface area contributed by atoms with Crippen LogP contribution in [0.25, 0.3) is 33.3 Å². The van der Waals surface area contributed by atoms with Crippen molar-refractivity contribution in [3.05, 3.63) is 118 Å². The van der Waals surface area contributed by atoms with E-state index >= 15 is 0 Å². The normalized spacial score (nSPS) is 13.6. The maximum atomic E-state index is 12.4. The summed E-state index contributed by atoms with van der Waals surface area (Å²) in [7, 11) is 0. The molecule has 0 atom stereocenters. The second-order valence-electron chi connectivity index (χ2n) is 9.18. The predicted molar refractivity (Wildman–Crippen MR) is 142 cm³/mol. The van der Waals surface area contributed by atoms with Crippen molar-refractivity contribution < 1.29 is 0 Å². The second kappa shape index (κ2) is 8.85. The minimum Gasteiger partial charge on any atom is -0.399 e. The first-order valence-electron chi connectivity index (χ1n) is 11.9. The van der Waals surface area contributed by atoms with Gasteiger partial charge in [-0.25, -0.2) is 4.98 Å². The molecule has 0 saturated carbocycles. The van der Waals surface area contributed by atoms with Crippen LogP contribution >= 0.6 is 0 Å². The molecule has 0 radical (unpaired) electrons. The van der Waals surface area contributed by atoms with Crippen LogP contribution in [0.5, 0.6) is 0 Å². The molecule has 0 bridgehead atoms. The fourth-order valence-corrected chi connectivity index (χ4v) is 4.96. The molecule has 5 nitrogen and oxygen atoms in total. The molecule has 35 heavy (non-hydrogen) atoms. The Morgan fingerprint density at radius 3 is 2.54 bits per heavy atom. The number of aromatic amines is 1. The van der Waals surface area contributed by atoms with Gasteiger partial charge >= 0.3 is 0 Å². The van der Waals surface area contributed by atoms with E-state index in [0.717, 1.165) is 54.1 Å². The van der Waals surface area contributed by atoms with Gasteiger partial charge in [-0.15, -0.1) is 0 Å². The van der Waals surface area contributed by atoms with Gasteiger partial charge in [-0.05, 0) is 52.9 Å². The van der Waals surface area contributed by atoms with Gasteiger partial charge in [-0.2, -0.15) is 0 Å². The molecule has 0 spiro atoms. The van der Waals surface area contributed by atoms with Crippen LogP contribution in [-0.4, -0.2) is 21.4 Å². The lowest BCUT2D eigenvalue weighted by atomic mass is 9.96. The van der Waals surface area contributed by atoms with E-state index in [1.54, 1.807) is 6.20 Å². The average molecular weight is 459 g/mol. The smallest absolute Gasteiger partial charge is 0.257 e. The van der Waals surface area contributed by atoms with Crippen molar-refractivity contribution in [2.24, 2.45) is 0 Å². The molecule has 0 unspecified atom stereocenters. The Labute approximate surface area is 203 Å². The van der Waals surface area contributed by atoms with E-state index in [0.29, 0.717) is 10.9 Å². The summed E-state index contributed by atoms with van der Waals surface area (Å²) in [6.07, 6.45) is 2.68. The Hall–Kier alpha value is -4.22. The number of nitrogens with zero attached hydrogens (tertiary/aromatic N) is 2. The van der Waals surface area contributed by atoms with Crippen LogP contribution in [0.15, 0.2) is 95.9 Å². The molecule has 172 valence electrons. The maximum Gasteiger partial charge on any atom is 0.257 e. The SMILES string of the molecule is Nc1ccc2c(c1)CCN(Cc1ccc(-c3nc4cc[nH]c(=O)c4cc3-c3ccccc3)cc1)C2. The monoisotopic (exact) mass is 458 g/mol. The third-order valence-corrected chi connectivity index (χ3v) is 6.79. The Balaban J connectivity index is 1.32. The highest BCUT2D eigenvalue weighted by molar-refractivity contribution is 5.91. The number of aromatic nitrogens is 2. The van der Waals surface area contributed by atoms with Crippen LogP contribution in [0, 0.1) is 0 Å². The van der Waals surface area contributed by atoms with Crippen LogP contribution < -0.4 is 11.3 Å². The molecule has 5 heteroatoms. The van der Waals surface area contributed by atoms with Crippen LogP contribution in [0.2, 0.25) is 0 Å². The summed E-state index contributed by atoms with van der Waals surface area (Å²) in [6, 6.07) is 28.8. The lowest BCUT2D eigenvalue weighted by Crippen LogP contribution is -2.30. The Kier molecular flexibility index (Phi) is 5.39. The van der Waals surface area contributed by atoms with Crippen molar-refractivity contribution in [3.8, 4) is 22.4 Å². The fourth-order valence-electron chi connectivity index (χ4n) is 4.96. The van der Waals surface area contributed by atoms with E-state index in [4.69, 9.17) is 10.7 Å². The van der Waals surface area contributed by atoms with E-state index < -0.39 is 0 Å². The first-order chi connectivity index (χ1) is 17.1. The number of benzene rings is 3. The van der Waals surface area contributed by atoms with Crippen molar-refractivity contribution in [2.45, 2.75) is 19.5 Å². The highest BCUT2D eigenvalue weighted by Gasteiger charge is 2.17. The van der Waals surface area contributed by atoms with Gasteiger partial charge in [0.1, 0.15) is 0 Å². The standard InChI is InChI=1S/C30H26N4O/c31-25-11-10-24-19-34(15-13-23(24)16-25)18-20-6-8-22(9-7-20)29-26(21-4-2-1-3-5-21)17-27-28(33-29)12-14-32-30(27)35/h1-12,14,16-17H,13,15,18-19,31H2,(H,32,35). The van der Waals surface area contributed by atoms with Crippen LogP contribution in [0.3, 0.4) is 0 Å². The summed E-state index contributed by atoms with van der Waals surface area (Å²) in [5, 5.41) is 0.596. The minimum absolute atomic E-state index is 0.125. The number of H-pyrrole nitrogens is 1. The molecule has 2 aromatic heterocycles. The Bertz CT molecular complexity index is 1570. The zero-order valence-electron chi connectivity index (χ0n) is 19.4.